The van der Waals surface area contributed by atoms with E-state index in [-0.39, 0.29) is 5.97 Å². The first-order chi connectivity index (χ1) is 12.1. The summed E-state index contributed by atoms with van der Waals surface area (Å²) in [6, 6.07) is 12.2. The molecule has 5 nitrogen and oxygen atoms in total. The van der Waals surface area contributed by atoms with Gasteiger partial charge in [0.1, 0.15) is 5.75 Å². The van der Waals surface area contributed by atoms with Crippen molar-refractivity contribution >= 4 is 28.5 Å². The van der Waals surface area contributed by atoms with Gasteiger partial charge >= 0.3 is 5.97 Å². The van der Waals surface area contributed by atoms with Gasteiger partial charge in [0.25, 0.3) is 0 Å². The van der Waals surface area contributed by atoms with Gasteiger partial charge in [0.15, 0.2) is 0 Å². The Labute approximate surface area is 152 Å². The molecule has 2 aromatic carbocycles. The van der Waals surface area contributed by atoms with Crippen molar-refractivity contribution in [2.75, 3.05) is 21.3 Å². The normalized spacial score (nSPS) is 11.8. The van der Waals surface area contributed by atoms with E-state index < -0.39 is 0 Å². The van der Waals surface area contributed by atoms with E-state index in [9.17, 15) is 4.79 Å². The van der Waals surface area contributed by atoms with Gasteiger partial charge in [0.2, 0.25) is 0 Å². The number of ether oxygens (including phenoxy) is 2. The van der Waals surface area contributed by atoms with Crippen molar-refractivity contribution < 1.29 is 19.1 Å². The predicted octanol–water partition coefficient (Wildman–Crippen LogP) is 4.28. The molecule has 0 heterocycles. The van der Waals surface area contributed by atoms with Crippen molar-refractivity contribution in [3.63, 3.8) is 0 Å². The SMILES string of the molecule is CONC(C)=C(CCC(=O)OC)Sc1ccc2cc(OC)ccc2c1. The molecule has 2 rings (SSSR count). The second-order valence-electron chi connectivity index (χ2n) is 5.41. The highest BCUT2D eigenvalue weighted by molar-refractivity contribution is 8.03. The number of fused-ring (bicyclic) bond motifs is 1. The molecule has 25 heavy (non-hydrogen) atoms. The van der Waals surface area contributed by atoms with Crippen LogP contribution in [0.5, 0.6) is 5.75 Å². The maximum atomic E-state index is 11.5. The third kappa shape index (κ3) is 5.41. The van der Waals surface area contributed by atoms with Gasteiger partial charge in [-0.2, -0.15) is 0 Å². The van der Waals surface area contributed by atoms with Gasteiger partial charge in [-0.15, -0.1) is 0 Å². The van der Waals surface area contributed by atoms with E-state index in [0.717, 1.165) is 32.0 Å². The molecule has 6 heteroatoms. The Morgan fingerprint density at radius 1 is 1.04 bits per heavy atom. The number of rotatable bonds is 8. The topological polar surface area (TPSA) is 56.8 Å². The molecule has 2 aromatic rings. The molecule has 134 valence electrons. The van der Waals surface area contributed by atoms with E-state index in [2.05, 4.69) is 23.7 Å². The second-order valence-corrected chi connectivity index (χ2v) is 6.58. The summed E-state index contributed by atoms with van der Waals surface area (Å²) in [6.07, 6.45) is 0.909. The zero-order valence-electron chi connectivity index (χ0n) is 14.9. The van der Waals surface area contributed by atoms with Crippen LogP contribution in [0.2, 0.25) is 0 Å². The number of thioether (sulfide) groups is 1. The Hall–Kier alpha value is -2.18. The first kappa shape index (κ1) is 19.1. The van der Waals surface area contributed by atoms with Gasteiger partial charge in [-0.1, -0.05) is 23.9 Å². The van der Waals surface area contributed by atoms with E-state index >= 15 is 0 Å². The highest BCUT2D eigenvalue weighted by Crippen LogP contribution is 2.34. The molecule has 0 aliphatic carbocycles. The summed E-state index contributed by atoms with van der Waals surface area (Å²) >= 11 is 1.61. The molecule has 0 radical (unpaired) electrons. The third-order valence-electron chi connectivity index (χ3n) is 3.72. The molecule has 0 fully saturated rings. The summed E-state index contributed by atoms with van der Waals surface area (Å²) in [5, 5.41) is 2.26. The molecule has 0 unspecified atom stereocenters. The molecule has 0 saturated heterocycles. The lowest BCUT2D eigenvalue weighted by Gasteiger charge is -2.13. The molecule has 0 saturated carbocycles. The van der Waals surface area contributed by atoms with Gasteiger partial charge in [0, 0.05) is 15.5 Å². The number of esters is 1. The monoisotopic (exact) mass is 361 g/mol. The molecule has 0 bridgehead atoms. The smallest absolute Gasteiger partial charge is 0.305 e. The van der Waals surface area contributed by atoms with Crippen molar-refractivity contribution in [1.82, 2.24) is 5.48 Å². The first-order valence-electron chi connectivity index (χ1n) is 7.88. The maximum Gasteiger partial charge on any atom is 0.305 e. The molecule has 0 atom stereocenters. The number of nitrogens with one attached hydrogen (secondary N) is 1. The van der Waals surface area contributed by atoms with E-state index in [4.69, 9.17) is 14.3 Å². The van der Waals surface area contributed by atoms with Crippen LogP contribution in [0.3, 0.4) is 0 Å². The Morgan fingerprint density at radius 3 is 2.44 bits per heavy atom. The Morgan fingerprint density at radius 2 is 1.76 bits per heavy atom. The van der Waals surface area contributed by atoms with Crippen molar-refractivity contribution in [2.24, 2.45) is 0 Å². The van der Waals surface area contributed by atoms with Crippen molar-refractivity contribution in [1.29, 1.82) is 0 Å². The van der Waals surface area contributed by atoms with Gasteiger partial charge < -0.3 is 9.47 Å². The number of methoxy groups -OCH3 is 2. The van der Waals surface area contributed by atoms with E-state index in [0.29, 0.717) is 12.8 Å². The Balaban J connectivity index is 2.23. The van der Waals surface area contributed by atoms with Gasteiger partial charge in [-0.05, 0) is 48.4 Å². The van der Waals surface area contributed by atoms with Crippen LogP contribution < -0.4 is 10.2 Å². The lowest BCUT2D eigenvalue weighted by molar-refractivity contribution is -0.140. The predicted molar refractivity (Wildman–Crippen MR) is 100 cm³/mol. The maximum absolute atomic E-state index is 11.5. The van der Waals surface area contributed by atoms with E-state index in [1.165, 1.54) is 7.11 Å². The summed E-state index contributed by atoms with van der Waals surface area (Å²) in [7, 11) is 4.63. The van der Waals surface area contributed by atoms with Gasteiger partial charge in [0.05, 0.1) is 27.8 Å². The van der Waals surface area contributed by atoms with Crippen LogP contribution in [0, 0.1) is 0 Å². The minimum absolute atomic E-state index is 0.228. The standard InChI is InChI=1S/C19H23NO4S/c1-13(20-24-4)18(9-10-19(21)23-3)25-17-8-6-14-11-16(22-2)7-5-15(14)12-17/h5-8,11-12,20H,9-10H2,1-4H3. The van der Waals surface area contributed by atoms with Crippen molar-refractivity contribution in [2.45, 2.75) is 24.7 Å². The highest BCUT2D eigenvalue weighted by atomic mass is 32.2. The van der Waals surface area contributed by atoms with Crippen LogP contribution in [0.15, 0.2) is 51.9 Å². The summed E-state index contributed by atoms with van der Waals surface area (Å²) in [6.45, 7) is 1.93. The minimum Gasteiger partial charge on any atom is -0.497 e. The van der Waals surface area contributed by atoms with E-state index in [1.54, 1.807) is 26.0 Å². The first-order valence-corrected chi connectivity index (χ1v) is 8.70. The number of benzene rings is 2. The minimum atomic E-state index is -0.228. The lowest BCUT2D eigenvalue weighted by atomic mass is 10.1. The zero-order valence-corrected chi connectivity index (χ0v) is 15.7. The largest absolute Gasteiger partial charge is 0.497 e. The van der Waals surface area contributed by atoms with Gasteiger partial charge in [-0.25, -0.2) is 0 Å². The second kappa shape index (κ2) is 9.34. The molecular formula is C19H23NO4S. The van der Waals surface area contributed by atoms with Crippen molar-refractivity contribution in [3.05, 3.63) is 47.0 Å². The van der Waals surface area contributed by atoms with Crippen LogP contribution in [0.25, 0.3) is 10.8 Å². The molecule has 0 amide bonds. The third-order valence-corrected chi connectivity index (χ3v) is 4.96. The summed E-state index contributed by atoms with van der Waals surface area (Å²) < 4.78 is 10.00. The van der Waals surface area contributed by atoms with Crippen LogP contribution >= 0.6 is 11.8 Å². The van der Waals surface area contributed by atoms with Crippen LogP contribution in [-0.4, -0.2) is 27.3 Å². The quantitative estimate of drug-likeness (QED) is 0.430. The number of hydrogen-bond acceptors (Lipinski definition) is 6. The zero-order chi connectivity index (χ0) is 18.2. The molecule has 0 aliphatic rings. The summed E-state index contributed by atoms with van der Waals surface area (Å²) in [4.78, 5) is 18.6. The average molecular weight is 361 g/mol. The highest BCUT2D eigenvalue weighted by Gasteiger charge is 2.10. The molecule has 0 aliphatic heterocycles. The number of carbonyl (C=O) groups excluding carboxylic acids is 1. The molecule has 0 spiro atoms. The summed E-state index contributed by atoms with van der Waals surface area (Å²) in [5.41, 5.74) is 3.73. The Bertz CT molecular complexity index is 773. The average Bonchev–Trinajstić information content (AvgIpc) is 2.64. The number of hydrogen-bond donors (Lipinski definition) is 1. The van der Waals surface area contributed by atoms with Crippen LogP contribution in [-0.2, 0) is 14.4 Å². The van der Waals surface area contributed by atoms with Gasteiger partial charge in [-0.3, -0.25) is 15.1 Å². The van der Waals surface area contributed by atoms with Crippen LogP contribution in [0.4, 0.5) is 0 Å². The molecule has 0 aromatic heterocycles. The van der Waals surface area contributed by atoms with Crippen LogP contribution in [0.1, 0.15) is 19.8 Å². The molecule has 1 N–H and O–H groups in total. The lowest BCUT2D eigenvalue weighted by Crippen LogP contribution is -2.11. The number of allylic oxidation sites excluding steroid dienone is 2. The van der Waals surface area contributed by atoms with Crippen molar-refractivity contribution in [3.8, 4) is 5.75 Å². The number of carbonyl (C=O) groups is 1. The van der Waals surface area contributed by atoms with E-state index in [1.807, 2.05) is 25.1 Å². The number of hydroxylamine groups is 1. The fourth-order valence-electron chi connectivity index (χ4n) is 2.38. The Kier molecular flexibility index (Phi) is 7.16. The summed E-state index contributed by atoms with van der Waals surface area (Å²) in [5.74, 6) is 0.612. The molecular weight excluding hydrogens is 338 g/mol. The fourth-order valence-corrected chi connectivity index (χ4v) is 3.38. The fraction of sp³-hybridized carbons (Fsp3) is 0.316.